The Labute approximate surface area is 136 Å². The SMILES string of the molecule is CC1Cc2ccccc2N1C(=O)CCNC(=O)c1ccccc1. The molecule has 0 saturated heterocycles. The minimum Gasteiger partial charge on any atom is -0.352 e. The second-order valence-corrected chi connectivity index (χ2v) is 5.82. The van der Waals surface area contributed by atoms with Gasteiger partial charge >= 0.3 is 0 Å². The van der Waals surface area contributed by atoms with E-state index in [1.165, 1.54) is 5.56 Å². The highest BCUT2D eigenvalue weighted by Gasteiger charge is 2.29. The first-order valence-corrected chi connectivity index (χ1v) is 7.90. The molecular formula is C19H20N2O2. The average molecular weight is 308 g/mol. The molecule has 1 aliphatic rings. The van der Waals surface area contributed by atoms with Crippen LogP contribution in [0.15, 0.2) is 54.6 Å². The summed E-state index contributed by atoms with van der Waals surface area (Å²) in [5.74, 6) is -0.0934. The molecule has 2 aromatic rings. The number of rotatable bonds is 4. The molecule has 3 rings (SSSR count). The summed E-state index contributed by atoms with van der Waals surface area (Å²) in [6.45, 7) is 2.40. The van der Waals surface area contributed by atoms with Crippen LogP contribution in [0.2, 0.25) is 0 Å². The third-order valence-corrected chi connectivity index (χ3v) is 4.14. The Bertz CT molecular complexity index is 712. The quantitative estimate of drug-likeness (QED) is 0.944. The van der Waals surface area contributed by atoms with Gasteiger partial charge in [0.05, 0.1) is 0 Å². The van der Waals surface area contributed by atoms with Gasteiger partial charge in [-0.3, -0.25) is 9.59 Å². The predicted octanol–water partition coefficient (Wildman–Crippen LogP) is 2.78. The lowest BCUT2D eigenvalue weighted by molar-refractivity contribution is -0.118. The van der Waals surface area contributed by atoms with Crippen molar-refractivity contribution < 1.29 is 9.59 Å². The van der Waals surface area contributed by atoms with Crippen LogP contribution in [0.1, 0.15) is 29.3 Å². The number of hydrogen-bond acceptors (Lipinski definition) is 2. The van der Waals surface area contributed by atoms with Crippen LogP contribution in [0.4, 0.5) is 5.69 Å². The van der Waals surface area contributed by atoms with Crippen LogP contribution < -0.4 is 10.2 Å². The van der Waals surface area contributed by atoms with Gasteiger partial charge in [-0.05, 0) is 37.1 Å². The van der Waals surface area contributed by atoms with Gasteiger partial charge in [-0.2, -0.15) is 0 Å². The highest BCUT2D eigenvalue weighted by molar-refractivity contribution is 5.97. The summed E-state index contributed by atoms with van der Waals surface area (Å²) in [4.78, 5) is 26.3. The Morgan fingerprint density at radius 1 is 1.09 bits per heavy atom. The van der Waals surface area contributed by atoms with Crippen molar-refractivity contribution in [1.29, 1.82) is 0 Å². The fourth-order valence-corrected chi connectivity index (χ4v) is 3.04. The number of para-hydroxylation sites is 1. The van der Waals surface area contributed by atoms with Gasteiger partial charge < -0.3 is 10.2 Å². The van der Waals surface area contributed by atoms with Crippen molar-refractivity contribution in [3.05, 3.63) is 65.7 Å². The second kappa shape index (κ2) is 6.65. The molecule has 0 fully saturated rings. The van der Waals surface area contributed by atoms with Gasteiger partial charge in [-0.25, -0.2) is 0 Å². The van der Waals surface area contributed by atoms with Gasteiger partial charge in [0.25, 0.3) is 5.91 Å². The van der Waals surface area contributed by atoms with Crippen molar-refractivity contribution in [2.45, 2.75) is 25.8 Å². The highest BCUT2D eigenvalue weighted by Crippen LogP contribution is 2.32. The van der Waals surface area contributed by atoms with Crippen molar-refractivity contribution >= 4 is 17.5 Å². The zero-order valence-corrected chi connectivity index (χ0v) is 13.2. The molecule has 23 heavy (non-hydrogen) atoms. The third-order valence-electron chi connectivity index (χ3n) is 4.14. The zero-order valence-electron chi connectivity index (χ0n) is 13.2. The molecule has 4 heteroatoms. The van der Waals surface area contributed by atoms with Crippen molar-refractivity contribution in [3.8, 4) is 0 Å². The monoisotopic (exact) mass is 308 g/mol. The van der Waals surface area contributed by atoms with E-state index in [-0.39, 0.29) is 17.9 Å². The molecule has 0 aromatic heterocycles. The van der Waals surface area contributed by atoms with Crippen LogP contribution >= 0.6 is 0 Å². The van der Waals surface area contributed by atoms with E-state index in [1.54, 1.807) is 12.1 Å². The predicted molar refractivity (Wildman–Crippen MR) is 90.5 cm³/mol. The third kappa shape index (κ3) is 3.26. The Kier molecular flexibility index (Phi) is 4.42. The van der Waals surface area contributed by atoms with Crippen LogP contribution in [-0.4, -0.2) is 24.4 Å². The largest absolute Gasteiger partial charge is 0.352 e. The maximum atomic E-state index is 12.5. The number of anilines is 1. The van der Waals surface area contributed by atoms with Crippen LogP contribution in [0.25, 0.3) is 0 Å². The lowest BCUT2D eigenvalue weighted by Crippen LogP contribution is -2.38. The number of amides is 2. The summed E-state index contributed by atoms with van der Waals surface area (Å²) in [5, 5.41) is 2.81. The normalized spacial score (nSPS) is 16.0. The Morgan fingerprint density at radius 2 is 1.78 bits per heavy atom. The maximum Gasteiger partial charge on any atom is 0.251 e. The fourth-order valence-electron chi connectivity index (χ4n) is 3.04. The molecule has 1 heterocycles. The molecule has 1 unspecified atom stereocenters. The van der Waals surface area contributed by atoms with Gasteiger partial charge in [0, 0.05) is 30.3 Å². The van der Waals surface area contributed by atoms with E-state index < -0.39 is 0 Å². The standard InChI is InChI=1S/C19H20N2O2/c1-14-13-16-9-5-6-10-17(16)21(14)18(22)11-12-20-19(23)15-7-3-2-4-8-15/h2-10,14H,11-13H2,1H3,(H,20,23). The number of fused-ring (bicyclic) bond motifs is 1. The van der Waals surface area contributed by atoms with Crippen molar-refractivity contribution in [1.82, 2.24) is 5.32 Å². The summed E-state index contributed by atoms with van der Waals surface area (Å²) in [7, 11) is 0. The van der Waals surface area contributed by atoms with Crippen molar-refractivity contribution in [2.75, 3.05) is 11.4 Å². The van der Waals surface area contributed by atoms with E-state index >= 15 is 0 Å². The van der Waals surface area contributed by atoms with Crippen LogP contribution in [0.3, 0.4) is 0 Å². The Hall–Kier alpha value is -2.62. The van der Waals surface area contributed by atoms with Crippen LogP contribution in [0, 0.1) is 0 Å². The summed E-state index contributed by atoms with van der Waals surface area (Å²) in [5.41, 5.74) is 2.82. The van der Waals surface area contributed by atoms with E-state index in [4.69, 9.17) is 0 Å². The van der Waals surface area contributed by atoms with Gasteiger partial charge in [-0.15, -0.1) is 0 Å². The lowest BCUT2D eigenvalue weighted by Gasteiger charge is -2.22. The molecule has 1 atom stereocenters. The first kappa shape index (κ1) is 15.3. The summed E-state index contributed by atoms with van der Waals surface area (Å²) in [6, 6.07) is 17.2. The zero-order chi connectivity index (χ0) is 16.2. The minimum absolute atomic E-state index is 0.0517. The summed E-state index contributed by atoms with van der Waals surface area (Å²) in [6.07, 6.45) is 1.19. The molecule has 1 aliphatic heterocycles. The molecule has 0 aliphatic carbocycles. The molecule has 1 N–H and O–H groups in total. The molecule has 0 radical (unpaired) electrons. The number of carbonyl (C=O) groups excluding carboxylic acids is 2. The highest BCUT2D eigenvalue weighted by atomic mass is 16.2. The average Bonchev–Trinajstić information content (AvgIpc) is 2.91. The smallest absolute Gasteiger partial charge is 0.251 e. The Morgan fingerprint density at radius 3 is 2.57 bits per heavy atom. The topological polar surface area (TPSA) is 49.4 Å². The van der Waals surface area contributed by atoms with Gasteiger partial charge in [0.2, 0.25) is 5.91 Å². The van der Waals surface area contributed by atoms with Gasteiger partial charge in [0.15, 0.2) is 0 Å². The summed E-state index contributed by atoms with van der Waals surface area (Å²) < 4.78 is 0. The first-order chi connectivity index (χ1) is 11.2. The van der Waals surface area contributed by atoms with Crippen molar-refractivity contribution in [2.24, 2.45) is 0 Å². The van der Waals surface area contributed by atoms with E-state index in [2.05, 4.69) is 18.3 Å². The van der Waals surface area contributed by atoms with E-state index in [0.29, 0.717) is 18.5 Å². The Balaban J connectivity index is 1.57. The van der Waals surface area contributed by atoms with Gasteiger partial charge in [0.1, 0.15) is 0 Å². The lowest BCUT2D eigenvalue weighted by atomic mass is 10.1. The van der Waals surface area contributed by atoms with Gasteiger partial charge in [-0.1, -0.05) is 36.4 Å². The molecule has 0 bridgehead atoms. The molecule has 2 aromatic carbocycles. The number of nitrogens with one attached hydrogen (secondary N) is 1. The maximum absolute atomic E-state index is 12.5. The van der Waals surface area contributed by atoms with Crippen molar-refractivity contribution in [3.63, 3.8) is 0 Å². The minimum atomic E-state index is -0.145. The molecule has 4 nitrogen and oxygen atoms in total. The number of hydrogen-bond donors (Lipinski definition) is 1. The number of carbonyl (C=O) groups is 2. The first-order valence-electron chi connectivity index (χ1n) is 7.90. The number of nitrogens with zero attached hydrogens (tertiary/aromatic N) is 1. The molecule has 118 valence electrons. The molecule has 0 spiro atoms. The fraction of sp³-hybridized carbons (Fsp3) is 0.263. The van der Waals surface area contributed by atoms with E-state index in [1.807, 2.05) is 41.3 Å². The molecule has 2 amide bonds. The molecule has 0 saturated carbocycles. The van der Waals surface area contributed by atoms with Crippen LogP contribution in [-0.2, 0) is 11.2 Å². The molecular weight excluding hydrogens is 288 g/mol. The number of benzene rings is 2. The van der Waals surface area contributed by atoms with Crippen LogP contribution in [0.5, 0.6) is 0 Å². The van der Waals surface area contributed by atoms with E-state index in [9.17, 15) is 9.59 Å². The summed E-state index contributed by atoms with van der Waals surface area (Å²) >= 11 is 0. The second-order valence-electron chi connectivity index (χ2n) is 5.82. The van der Waals surface area contributed by atoms with E-state index in [0.717, 1.165) is 12.1 Å².